The van der Waals surface area contributed by atoms with Crippen molar-refractivity contribution >= 4 is 16.9 Å². The van der Waals surface area contributed by atoms with Gasteiger partial charge in [0, 0.05) is 0 Å². The van der Waals surface area contributed by atoms with E-state index in [2.05, 4.69) is 10.4 Å². The molecule has 5 heteroatoms. The minimum atomic E-state index is -0.819. The summed E-state index contributed by atoms with van der Waals surface area (Å²) in [6, 6.07) is 16.6. The Morgan fingerprint density at radius 1 is 1.14 bits per heavy atom. The summed E-state index contributed by atoms with van der Waals surface area (Å²) in [6.07, 6.45) is 0.731. The number of nitrogens with one attached hydrogen (secondary N) is 1. The summed E-state index contributed by atoms with van der Waals surface area (Å²) < 4.78 is 1.56. The van der Waals surface area contributed by atoms with Crippen LogP contribution in [0.1, 0.15) is 18.1 Å². The Morgan fingerprint density at radius 3 is 2.67 bits per heavy atom. The summed E-state index contributed by atoms with van der Waals surface area (Å²) in [7, 11) is 0. The van der Waals surface area contributed by atoms with E-state index in [1.807, 2.05) is 42.5 Å². The van der Waals surface area contributed by atoms with Gasteiger partial charge < -0.3 is 5.11 Å². The van der Waals surface area contributed by atoms with E-state index in [0.717, 1.165) is 16.6 Å². The molecular formula is C16H15N3O2. The van der Waals surface area contributed by atoms with Gasteiger partial charge in [-0.2, -0.15) is 0 Å². The molecule has 5 nitrogen and oxygen atoms in total. The highest BCUT2D eigenvalue weighted by Gasteiger charge is 2.13. The van der Waals surface area contributed by atoms with Crippen LogP contribution in [0.5, 0.6) is 0 Å². The van der Waals surface area contributed by atoms with Crippen molar-refractivity contribution in [1.82, 2.24) is 9.66 Å². The Morgan fingerprint density at radius 2 is 1.86 bits per heavy atom. The largest absolute Gasteiger partial charge is 0.388 e. The highest BCUT2D eigenvalue weighted by molar-refractivity contribution is 5.86. The zero-order valence-corrected chi connectivity index (χ0v) is 11.3. The average molecular weight is 281 g/mol. The molecule has 21 heavy (non-hydrogen) atoms. The number of benzene rings is 2. The van der Waals surface area contributed by atoms with E-state index >= 15 is 0 Å². The average Bonchev–Trinajstić information content (AvgIpc) is 2.91. The molecule has 0 fully saturated rings. The van der Waals surface area contributed by atoms with E-state index in [-0.39, 0.29) is 12.3 Å². The van der Waals surface area contributed by atoms with Crippen LogP contribution in [0.3, 0.4) is 0 Å². The third-order valence-electron chi connectivity index (χ3n) is 3.26. The Kier molecular flexibility index (Phi) is 3.66. The van der Waals surface area contributed by atoms with Gasteiger partial charge in [0.2, 0.25) is 5.91 Å². The second-order valence-electron chi connectivity index (χ2n) is 4.77. The summed E-state index contributed by atoms with van der Waals surface area (Å²) in [6.45, 7) is 0. The molecule has 0 spiro atoms. The number of nitrogens with zero attached hydrogens (tertiary/aromatic N) is 2. The molecule has 1 aromatic heterocycles. The lowest BCUT2D eigenvalue weighted by Crippen LogP contribution is -2.23. The third kappa shape index (κ3) is 2.93. The van der Waals surface area contributed by atoms with Crippen LogP contribution in [-0.2, 0) is 4.79 Å². The van der Waals surface area contributed by atoms with E-state index in [1.54, 1.807) is 23.1 Å². The van der Waals surface area contributed by atoms with Gasteiger partial charge >= 0.3 is 0 Å². The summed E-state index contributed by atoms with van der Waals surface area (Å²) in [5, 5.41) is 10.0. The van der Waals surface area contributed by atoms with Crippen molar-refractivity contribution in [3.8, 4) is 0 Å². The zero-order valence-electron chi connectivity index (χ0n) is 11.3. The second-order valence-corrected chi connectivity index (χ2v) is 4.77. The van der Waals surface area contributed by atoms with Crippen molar-refractivity contribution in [1.29, 1.82) is 0 Å². The van der Waals surface area contributed by atoms with Gasteiger partial charge in [0.05, 0.1) is 23.6 Å². The van der Waals surface area contributed by atoms with Gasteiger partial charge in [-0.05, 0) is 17.7 Å². The van der Waals surface area contributed by atoms with Crippen LogP contribution in [0.2, 0.25) is 0 Å². The molecule has 0 bridgehead atoms. The summed E-state index contributed by atoms with van der Waals surface area (Å²) in [5.41, 5.74) is 5.07. The van der Waals surface area contributed by atoms with Crippen molar-refractivity contribution in [2.75, 3.05) is 5.43 Å². The molecule has 1 unspecified atom stereocenters. The number of amides is 1. The number of aliphatic hydroxyl groups is 1. The quantitative estimate of drug-likeness (QED) is 0.770. The van der Waals surface area contributed by atoms with E-state index in [9.17, 15) is 9.90 Å². The Labute approximate surface area is 121 Å². The Bertz CT molecular complexity index is 752. The SMILES string of the molecule is O=C(CC(O)c1ccccc1)Nn1cnc2ccccc21. The number of fused-ring (bicyclic) bond motifs is 1. The molecule has 2 N–H and O–H groups in total. The number of carbonyl (C=O) groups is 1. The molecule has 0 aliphatic carbocycles. The first-order valence-electron chi connectivity index (χ1n) is 6.69. The van der Waals surface area contributed by atoms with Crippen LogP contribution >= 0.6 is 0 Å². The molecule has 3 rings (SSSR count). The number of aliphatic hydroxyl groups excluding tert-OH is 1. The fourth-order valence-electron chi connectivity index (χ4n) is 2.20. The van der Waals surface area contributed by atoms with Gasteiger partial charge in [0.1, 0.15) is 6.33 Å². The summed E-state index contributed by atoms with van der Waals surface area (Å²) in [5.74, 6) is -0.269. The molecule has 1 amide bonds. The molecule has 1 heterocycles. The molecule has 1 atom stereocenters. The van der Waals surface area contributed by atoms with Crippen molar-refractivity contribution in [2.24, 2.45) is 0 Å². The van der Waals surface area contributed by atoms with Gasteiger partial charge in [0.25, 0.3) is 0 Å². The predicted molar refractivity (Wildman–Crippen MR) is 80.1 cm³/mol. The highest BCUT2D eigenvalue weighted by Crippen LogP contribution is 2.16. The van der Waals surface area contributed by atoms with Crippen LogP contribution < -0.4 is 5.43 Å². The molecular weight excluding hydrogens is 266 g/mol. The Hall–Kier alpha value is -2.66. The third-order valence-corrected chi connectivity index (χ3v) is 3.26. The lowest BCUT2D eigenvalue weighted by molar-refractivity contribution is -0.119. The van der Waals surface area contributed by atoms with Crippen LogP contribution in [0.4, 0.5) is 0 Å². The molecule has 0 aliphatic rings. The van der Waals surface area contributed by atoms with Gasteiger partial charge in [-0.15, -0.1) is 0 Å². The number of hydrogen-bond donors (Lipinski definition) is 2. The number of hydrogen-bond acceptors (Lipinski definition) is 3. The first kappa shape index (κ1) is 13.3. The van der Waals surface area contributed by atoms with Crippen molar-refractivity contribution in [2.45, 2.75) is 12.5 Å². The maximum atomic E-state index is 12.0. The van der Waals surface area contributed by atoms with Gasteiger partial charge in [-0.25, -0.2) is 9.66 Å². The van der Waals surface area contributed by atoms with E-state index < -0.39 is 6.10 Å². The minimum absolute atomic E-state index is 0.00345. The van der Waals surface area contributed by atoms with Gasteiger partial charge in [-0.3, -0.25) is 10.2 Å². The number of rotatable bonds is 4. The molecule has 3 aromatic rings. The maximum Gasteiger partial charge on any atom is 0.241 e. The lowest BCUT2D eigenvalue weighted by Gasteiger charge is -2.12. The van der Waals surface area contributed by atoms with Crippen LogP contribution in [0, 0.1) is 0 Å². The lowest BCUT2D eigenvalue weighted by atomic mass is 10.1. The fraction of sp³-hybridized carbons (Fsp3) is 0.125. The van der Waals surface area contributed by atoms with E-state index in [1.165, 1.54) is 0 Å². The van der Waals surface area contributed by atoms with E-state index in [4.69, 9.17) is 0 Å². The minimum Gasteiger partial charge on any atom is -0.388 e. The zero-order chi connectivity index (χ0) is 14.7. The van der Waals surface area contributed by atoms with Gasteiger partial charge in [-0.1, -0.05) is 42.5 Å². The first-order valence-corrected chi connectivity index (χ1v) is 6.69. The normalized spacial score (nSPS) is 12.2. The molecule has 2 aromatic carbocycles. The topological polar surface area (TPSA) is 67.2 Å². The van der Waals surface area contributed by atoms with Crippen LogP contribution in [0.15, 0.2) is 60.9 Å². The number of aromatic nitrogens is 2. The Balaban J connectivity index is 1.69. The fourth-order valence-corrected chi connectivity index (χ4v) is 2.20. The molecule has 0 aliphatic heterocycles. The van der Waals surface area contributed by atoms with Crippen LogP contribution in [-0.4, -0.2) is 20.7 Å². The van der Waals surface area contributed by atoms with Crippen molar-refractivity contribution in [3.05, 3.63) is 66.5 Å². The van der Waals surface area contributed by atoms with Gasteiger partial charge in [0.15, 0.2) is 0 Å². The van der Waals surface area contributed by atoms with Crippen molar-refractivity contribution < 1.29 is 9.90 Å². The first-order chi connectivity index (χ1) is 10.2. The highest BCUT2D eigenvalue weighted by atomic mass is 16.3. The number of carbonyl (C=O) groups excluding carboxylic acids is 1. The second kappa shape index (κ2) is 5.76. The van der Waals surface area contributed by atoms with E-state index in [0.29, 0.717) is 0 Å². The number of para-hydroxylation sites is 2. The molecule has 0 saturated heterocycles. The molecule has 0 radical (unpaired) electrons. The predicted octanol–water partition coefficient (Wildman–Crippen LogP) is 2.23. The maximum absolute atomic E-state index is 12.0. The standard InChI is InChI=1S/C16H15N3O2/c20-15(12-6-2-1-3-7-12)10-16(21)18-19-11-17-13-8-4-5-9-14(13)19/h1-9,11,15,20H,10H2,(H,18,21). The number of imidazole rings is 1. The summed E-state index contributed by atoms with van der Waals surface area (Å²) in [4.78, 5) is 16.2. The van der Waals surface area contributed by atoms with Crippen LogP contribution in [0.25, 0.3) is 11.0 Å². The monoisotopic (exact) mass is 281 g/mol. The smallest absolute Gasteiger partial charge is 0.241 e. The summed E-state index contributed by atoms with van der Waals surface area (Å²) >= 11 is 0. The molecule has 0 saturated carbocycles. The van der Waals surface area contributed by atoms with Crippen molar-refractivity contribution in [3.63, 3.8) is 0 Å². The molecule has 106 valence electrons.